The Kier molecular flexibility index (Phi) is 4.37. The molecule has 3 N–H and O–H groups in total. The lowest BCUT2D eigenvalue weighted by Gasteiger charge is -2.37. The smallest absolute Gasteiger partial charge is 0.222 e. The molecule has 1 heterocycles. The number of aliphatic hydroxyl groups is 1. The van der Waals surface area contributed by atoms with Gasteiger partial charge in [0.15, 0.2) is 0 Å². The Morgan fingerprint density at radius 2 is 2.15 bits per heavy atom. The van der Waals surface area contributed by atoms with Crippen LogP contribution in [-0.4, -0.2) is 35.1 Å². The maximum atomic E-state index is 12.0. The summed E-state index contributed by atoms with van der Waals surface area (Å²) in [6, 6.07) is -0.0533. The topological polar surface area (TPSA) is 78.4 Å². The highest BCUT2D eigenvalue weighted by molar-refractivity contribution is 5.80. The van der Waals surface area contributed by atoms with Crippen LogP contribution in [0.15, 0.2) is 0 Å². The third-order valence-corrected chi connectivity index (χ3v) is 4.98. The third-order valence-electron chi connectivity index (χ3n) is 4.98. The standard InChI is InChI=1S/C15H26N2O3/c1-14(2)7-4-8-15(14,20)10-16-13(19)9-11-5-3-6-12(18)17-11/h11,20H,3-10H2,1-2H3,(H,16,19)(H,17,18). The summed E-state index contributed by atoms with van der Waals surface area (Å²) in [5.74, 6) is -0.0575. The van der Waals surface area contributed by atoms with Crippen molar-refractivity contribution in [2.24, 2.45) is 5.41 Å². The fourth-order valence-electron chi connectivity index (χ4n) is 3.30. The van der Waals surface area contributed by atoms with E-state index in [2.05, 4.69) is 10.6 Å². The molecule has 0 aromatic carbocycles. The maximum absolute atomic E-state index is 12.0. The molecular formula is C15H26N2O3. The summed E-state index contributed by atoms with van der Waals surface area (Å²) in [4.78, 5) is 23.2. The molecule has 5 heteroatoms. The van der Waals surface area contributed by atoms with Gasteiger partial charge in [-0.15, -0.1) is 0 Å². The molecule has 0 spiro atoms. The van der Waals surface area contributed by atoms with Crippen LogP contribution in [0.5, 0.6) is 0 Å². The summed E-state index contributed by atoms with van der Waals surface area (Å²) in [6.07, 6.45) is 5.29. The molecule has 1 saturated heterocycles. The first kappa shape index (κ1) is 15.3. The maximum Gasteiger partial charge on any atom is 0.222 e. The first-order valence-electron chi connectivity index (χ1n) is 7.61. The van der Waals surface area contributed by atoms with E-state index in [0.717, 1.165) is 32.1 Å². The first-order valence-corrected chi connectivity index (χ1v) is 7.61. The Morgan fingerprint density at radius 1 is 1.40 bits per heavy atom. The lowest BCUT2D eigenvalue weighted by molar-refractivity contribution is -0.126. The molecule has 5 nitrogen and oxygen atoms in total. The molecule has 1 saturated carbocycles. The van der Waals surface area contributed by atoms with Gasteiger partial charge in [-0.1, -0.05) is 13.8 Å². The van der Waals surface area contributed by atoms with Gasteiger partial charge in [-0.05, 0) is 37.5 Å². The molecule has 2 unspecified atom stereocenters. The molecule has 1 aliphatic heterocycles. The normalized spacial score (nSPS) is 32.8. The monoisotopic (exact) mass is 282 g/mol. The summed E-state index contributed by atoms with van der Waals surface area (Å²) < 4.78 is 0. The number of carbonyl (C=O) groups is 2. The average molecular weight is 282 g/mol. The van der Waals surface area contributed by atoms with Crippen molar-refractivity contribution < 1.29 is 14.7 Å². The molecule has 0 aromatic rings. The van der Waals surface area contributed by atoms with Crippen LogP contribution in [0.3, 0.4) is 0 Å². The minimum absolute atomic E-state index is 0.0320. The van der Waals surface area contributed by atoms with Crippen molar-refractivity contribution in [3.8, 4) is 0 Å². The van der Waals surface area contributed by atoms with Gasteiger partial charge in [0, 0.05) is 25.4 Å². The van der Waals surface area contributed by atoms with Gasteiger partial charge in [0.05, 0.1) is 5.60 Å². The fraction of sp³-hybridized carbons (Fsp3) is 0.867. The summed E-state index contributed by atoms with van der Waals surface area (Å²) in [7, 11) is 0. The van der Waals surface area contributed by atoms with Crippen molar-refractivity contribution >= 4 is 11.8 Å². The van der Waals surface area contributed by atoms with E-state index < -0.39 is 5.60 Å². The highest BCUT2D eigenvalue weighted by Gasteiger charge is 2.47. The molecule has 0 bridgehead atoms. The summed E-state index contributed by atoms with van der Waals surface area (Å²) in [5.41, 5.74) is -0.961. The van der Waals surface area contributed by atoms with Crippen LogP contribution >= 0.6 is 0 Å². The second-order valence-corrected chi connectivity index (χ2v) is 6.91. The molecule has 2 atom stereocenters. The van der Waals surface area contributed by atoms with E-state index in [1.165, 1.54) is 0 Å². The second kappa shape index (κ2) is 5.72. The van der Waals surface area contributed by atoms with Crippen molar-refractivity contribution in [1.82, 2.24) is 10.6 Å². The number of piperidine rings is 1. The van der Waals surface area contributed by atoms with Crippen LogP contribution in [0, 0.1) is 5.41 Å². The Hall–Kier alpha value is -1.10. The molecule has 1 aliphatic carbocycles. The van der Waals surface area contributed by atoms with E-state index in [-0.39, 0.29) is 23.3 Å². The van der Waals surface area contributed by atoms with E-state index in [1.54, 1.807) is 0 Å². The van der Waals surface area contributed by atoms with E-state index in [4.69, 9.17) is 0 Å². The predicted molar refractivity (Wildman–Crippen MR) is 76.0 cm³/mol. The molecule has 0 radical (unpaired) electrons. The molecule has 2 rings (SSSR count). The fourth-order valence-corrected chi connectivity index (χ4v) is 3.30. The zero-order chi connectivity index (χ0) is 14.8. The van der Waals surface area contributed by atoms with Crippen LogP contribution in [0.25, 0.3) is 0 Å². The number of hydrogen-bond acceptors (Lipinski definition) is 3. The minimum Gasteiger partial charge on any atom is -0.387 e. The summed E-state index contributed by atoms with van der Waals surface area (Å²) in [5, 5.41) is 16.3. The Morgan fingerprint density at radius 3 is 2.75 bits per heavy atom. The Labute approximate surface area is 120 Å². The largest absolute Gasteiger partial charge is 0.387 e. The van der Waals surface area contributed by atoms with Gasteiger partial charge in [-0.25, -0.2) is 0 Å². The van der Waals surface area contributed by atoms with Crippen LogP contribution in [0.2, 0.25) is 0 Å². The van der Waals surface area contributed by atoms with Crippen LogP contribution in [0.4, 0.5) is 0 Å². The number of hydrogen-bond donors (Lipinski definition) is 3. The molecule has 20 heavy (non-hydrogen) atoms. The molecule has 0 aromatic heterocycles. The van der Waals surface area contributed by atoms with Gasteiger partial charge in [-0.2, -0.15) is 0 Å². The predicted octanol–water partition coefficient (Wildman–Crippen LogP) is 1.10. The van der Waals surface area contributed by atoms with E-state index in [9.17, 15) is 14.7 Å². The lowest BCUT2D eigenvalue weighted by atomic mass is 9.78. The van der Waals surface area contributed by atoms with E-state index in [0.29, 0.717) is 19.4 Å². The molecule has 2 amide bonds. The zero-order valence-corrected chi connectivity index (χ0v) is 12.5. The van der Waals surface area contributed by atoms with Gasteiger partial charge in [0.1, 0.15) is 0 Å². The number of carbonyl (C=O) groups excluding carboxylic acids is 2. The summed E-state index contributed by atoms with van der Waals surface area (Å²) in [6.45, 7) is 4.40. The van der Waals surface area contributed by atoms with Crippen molar-refractivity contribution in [3.05, 3.63) is 0 Å². The van der Waals surface area contributed by atoms with Crippen molar-refractivity contribution in [2.75, 3.05) is 6.54 Å². The quantitative estimate of drug-likeness (QED) is 0.722. The zero-order valence-electron chi connectivity index (χ0n) is 12.5. The van der Waals surface area contributed by atoms with Gasteiger partial charge >= 0.3 is 0 Å². The van der Waals surface area contributed by atoms with Gasteiger partial charge < -0.3 is 15.7 Å². The number of amides is 2. The summed E-state index contributed by atoms with van der Waals surface area (Å²) >= 11 is 0. The third kappa shape index (κ3) is 3.32. The Balaban J connectivity index is 1.79. The van der Waals surface area contributed by atoms with Crippen LogP contribution in [-0.2, 0) is 9.59 Å². The molecule has 114 valence electrons. The van der Waals surface area contributed by atoms with E-state index >= 15 is 0 Å². The number of rotatable bonds is 4. The highest BCUT2D eigenvalue weighted by Crippen LogP contribution is 2.45. The average Bonchev–Trinajstić information content (AvgIpc) is 2.62. The van der Waals surface area contributed by atoms with Crippen molar-refractivity contribution in [1.29, 1.82) is 0 Å². The number of nitrogens with one attached hydrogen (secondary N) is 2. The van der Waals surface area contributed by atoms with Gasteiger partial charge in [-0.3, -0.25) is 9.59 Å². The molecular weight excluding hydrogens is 256 g/mol. The van der Waals surface area contributed by atoms with E-state index in [1.807, 2.05) is 13.8 Å². The van der Waals surface area contributed by atoms with Gasteiger partial charge in [0.2, 0.25) is 11.8 Å². The highest BCUT2D eigenvalue weighted by atomic mass is 16.3. The van der Waals surface area contributed by atoms with Gasteiger partial charge in [0.25, 0.3) is 0 Å². The lowest BCUT2D eigenvalue weighted by Crippen LogP contribution is -2.50. The molecule has 2 aliphatic rings. The van der Waals surface area contributed by atoms with Crippen LogP contribution in [0.1, 0.15) is 58.8 Å². The SMILES string of the molecule is CC1(C)CCCC1(O)CNC(=O)CC1CCCC(=O)N1. The molecule has 2 fully saturated rings. The van der Waals surface area contributed by atoms with Crippen molar-refractivity contribution in [3.63, 3.8) is 0 Å². The second-order valence-electron chi connectivity index (χ2n) is 6.91. The van der Waals surface area contributed by atoms with Crippen molar-refractivity contribution in [2.45, 2.75) is 70.4 Å². The first-order chi connectivity index (χ1) is 9.32. The van der Waals surface area contributed by atoms with Crippen LogP contribution < -0.4 is 10.6 Å². The minimum atomic E-state index is -0.807. The Bertz CT molecular complexity index is 395.